The molecule has 0 saturated carbocycles. The van der Waals surface area contributed by atoms with E-state index in [1.54, 1.807) is 0 Å². The molecule has 1 aromatic carbocycles. The van der Waals surface area contributed by atoms with Crippen molar-refractivity contribution in [1.29, 1.82) is 0 Å². The van der Waals surface area contributed by atoms with Crippen LogP contribution in [0.2, 0.25) is 0 Å². The summed E-state index contributed by atoms with van der Waals surface area (Å²) in [6.45, 7) is 7.79. The van der Waals surface area contributed by atoms with E-state index in [9.17, 15) is 5.11 Å². The van der Waals surface area contributed by atoms with Gasteiger partial charge in [-0.2, -0.15) is 0 Å². The highest BCUT2D eigenvalue weighted by molar-refractivity contribution is 5.32. The molecule has 1 N–H and O–H groups in total. The van der Waals surface area contributed by atoms with Crippen LogP contribution in [0.5, 0.6) is 0 Å². The van der Waals surface area contributed by atoms with E-state index >= 15 is 0 Å². The van der Waals surface area contributed by atoms with E-state index in [-0.39, 0.29) is 12.0 Å². The molecule has 1 aromatic heterocycles. The first kappa shape index (κ1) is 17.2. The third kappa shape index (κ3) is 3.70. The summed E-state index contributed by atoms with van der Waals surface area (Å²) in [7, 11) is 0. The van der Waals surface area contributed by atoms with Gasteiger partial charge in [0.25, 0.3) is 0 Å². The number of hydrogen-bond acceptors (Lipinski definition) is 4. The van der Waals surface area contributed by atoms with Gasteiger partial charge in [-0.15, -0.1) is 0 Å². The van der Waals surface area contributed by atoms with Crippen LogP contribution in [-0.4, -0.2) is 28.1 Å². The second-order valence-corrected chi connectivity index (χ2v) is 7.67. The maximum Gasteiger partial charge on any atom is 0.208 e. The number of aryl methyl sites for hydroxylation is 1. The van der Waals surface area contributed by atoms with E-state index in [1.165, 1.54) is 17.5 Å². The molecule has 0 fully saturated rings. The van der Waals surface area contributed by atoms with Crippen LogP contribution < -0.4 is 0 Å². The minimum Gasteiger partial charge on any atom is -0.444 e. The van der Waals surface area contributed by atoms with Crippen molar-refractivity contribution in [3.63, 3.8) is 0 Å². The van der Waals surface area contributed by atoms with Crippen LogP contribution in [-0.2, 0) is 18.4 Å². The third-order valence-corrected chi connectivity index (χ3v) is 4.80. The molecule has 4 heteroatoms. The first-order valence-electron chi connectivity index (χ1n) is 8.87. The maximum absolute atomic E-state index is 9.54. The predicted molar refractivity (Wildman–Crippen MR) is 94.8 cm³/mol. The molecule has 0 spiro atoms. The van der Waals surface area contributed by atoms with Gasteiger partial charge in [-0.1, -0.05) is 45.0 Å². The lowest BCUT2D eigenvalue weighted by atomic mass is 9.87. The Morgan fingerprint density at radius 2 is 2.08 bits per heavy atom. The number of hydrogen-bond donors (Lipinski definition) is 1. The number of nitrogens with zero attached hydrogens (tertiary/aromatic N) is 2. The van der Waals surface area contributed by atoms with Crippen molar-refractivity contribution < 1.29 is 9.52 Å². The molecule has 0 saturated heterocycles. The lowest BCUT2D eigenvalue weighted by Crippen LogP contribution is -2.33. The Morgan fingerprint density at radius 1 is 1.29 bits per heavy atom. The third-order valence-electron chi connectivity index (χ3n) is 4.80. The fourth-order valence-electron chi connectivity index (χ4n) is 3.48. The molecule has 4 nitrogen and oxygen atoms in total. The van der Waals surface area contributed by atoms with Crippen molar-refractivity contribution in [2.45, 2.75) is 58.0 Å². The average molecular weight is 328 g/mol. The van der Waals surface area contributed by atoms with Crippen molar-refractivity contribution >= 4 is 0 Å². The average Bonchev–Trinajstić information content (AvgIpc) is 3.03. The molecular formula is C20H28N2O2. The van der Waals surface area contributed by atoms with E-state index in [0.29, 0.717) is 19.1 Å². The van der Waals surface area contributed by atoms with Gasteiger partial charge in [0.05, 0.1) is 19.3 Å². The monoisotopic (exact) mass is 328 g/mol. The van der Waals surface area contributed by atoms with Crippen LogP contribution in [0.4, 0.5) is 0 Å². The van der Waals surface area contributed by atoms with Gasteiger partial charge < -0.3 is 9.52 Å². The van der Waals surface area contributed by atoms with Gasteiger partial charge in [0.1, 0.15) is 5.76 Å². The maximum atomic E-state index is 9.54. The number of oxazole rings is 1. The molecule has 2 aromatic rings. The molecule has 1 unspecified atom stereocenters. The molecule has 3 rings (SSSR count). The number of aliphatic hydroxyl groups excluding tert-OH is 1. The standard InChI is InChI=1S/C20H28N2O2/c1-20(2,3)18-13-21-19(24-18)14-22(11-12-23)17-10-6-8-15-7-4-5-9-16(15)17/h4-5,7,9,13,17,23H,6,8,10-12,14H2,1-3H3. The van der Waals surface area contributed by atoms with E-state index in [0.717, 1.165) is 24.5 Å². The Labute approximate surface area is 144 Å². The number of aromatic nitrogens is 1. The number of rotatable bonds is 5. The fraction of sp³-hybridized carbons (Fsp3) is 0.550. The molecule has 1 heterocycles. The molecule has 0 radical (unpaired) electrons. The van der Waals surface area contributed by atoms with E-state index in [2.05, 4.69) is 54.9 Å². The van der Waals surface area contributed by atoms with Crippen LogP contribution in [0.1, 0.15) is 62.4 Å². The Morgan fingerprint density at radius 3 is 2.79 bits per heavy atom. The van der Waals surface area contributed by atoms with Gasteiger partial charge in [0.15, 0.2) is 0 Å². The van der Waals surface area contributed by atoms with E-state index < -0.39 is 0 Å². The van der Waals surface area contributed by atoms with E-state index in [4.69, 9.17) is 4.42 Å². The van der Waals surface area contributed by atoms with Crippen LogP contribution in [0.15, 0.2) is 34.9 Å². The summed E-state index contributed by atoms with van der Waals surface area (Å²) in [5, 5.41) is 9.54. The van der Waals surface area contributed by atoms with Crippen LogP contribution in [0, 0.1) is 0 Å². The van der Waals surface area contributed by atoms with E-state index in [1.807, 2.05) is 6.20 Å². The zero-order valence-electron chi connectivity index (χ0n) is 15.0. The number of benzene rings is 1. The Kier molecular flexibility index (Phi) is 5.07. The van der Waals surface area contributed by atoms with Crippen LogP contribution in [0.25, 0.3) is 0 Å². The lowest BCUT2D eigenvalue weighted by Gasteiger charge is -2.34. The normalized spacial score (nSPS) is 18.0. The highest BCUT2D eigenvalue weighted by Gasteiger charge is 2.27. The van der Waals surface area contributed by atoms with Gasteiger partial charge in [-0.25, -0.2) is 4.98 Å². The summed E-state index contributed by atoms with van der Waals surface area (Å²) >= 11 is 0. The minimum atomic E-state index is -0.0372. The SMILES string of the molecule is CC(C)(C)c1cnc(CN(CCO)C2CCCc3ccccc32)o1. The van der Waals surface area contributed by atoms with Gasteiger partial charge in [-0.05, 0) is 30.4 Å². The largest absolute Gasteiger partial charge is 0.444 e. The molecule has 0 aliphatic heterocycles. The zero-order chi connectivity index (χ0) is 17.2. The predicted octanol–water partition coefficient (Wildman–Crippen LogP) is 3.84. The van der Waals surface area contributed by atoms with Gasteiger partial charge in [0.2, 0.25) is 5.89 Å². The Bertz CT molecular complexity index is 672. The van der Waals surface area contributed by atoms with Crippen molar-refractivity contribution in [3.8, 4) is 0 Å². The molecule has 1 aliphatic carbocycles. The Hall–Kier alpha value is -1.65. The lowest BCUT2D eigenvalue weighted by molar-refractivity contribution is 0.119. The molecule has 0 bridgehead atoms. The number of aliphatic hydroxyl groups is 1. The van der Waals surface area contributed by atoms with Crippen LogP contribution in [0.3, 0.4) is 0 Å². The first-order chi connectivity index (χ1) is 11.5. The summed E-state index contributed by atoms with van der Waals surface area (Å²) < 4.78 is 5.97. The molecule has 0 amide bonds. The summed E-state index contributed by atoms with van der Waals surface area (Å²) in [5.41, 5.74) is 2.78. The summed E-state index contributed by atoms with van der Waals surface area (Å²) in [4.78, 5) is 6.77. The molecule has 1 aliphatic rings. The Balaban J connectivity index is 1.82. The topological polar surface area (TPSA) is 49.5 Å². The molecule has 24 heavy (non-hydrogen) atoms. The van der Waals surface area contributed by atoms with Crippen LogP contribution >= 0.6 is 0 Å². The number of fused-ring (bicyclic) bond motifs is 1. The summed E-state index contributed by atoms with van der Waals surface area (Å²) in [5.74, 6) is 1.64. The first-order valence-corrected chi connectivity index (χ1v) is 8.87. The second kappa shape index (κ2) is 7.08. The van der Waals surface area contributed by atoms with Crippen molar-refractivity contribution in [2.24, 2.45) is 0 Å². The smallest absolute Gasteiger partial charge is 0.208 e. The molecular weight excluding hydrogens is 300 g/mol. The minimum absolute atomic E-state index is 0.0372. The highest BCUT2D eigenvalue weighted by atomic mass is 16.4. The van der Waals surface area contributed by atoms with Gasteiger partial charge in [-0.3, -0.25) is 4.90 Å². The van der Waals surface area contributed by atoms with Gasteiger partial charge in [0, 0.05) is 18.0 Å². The van der Waals surface area contributed by atoms with Gasteiger partial charge >= 0.3 is 0 Å². The van der Waals surface area contributed by atoms with Crippen molar-refractivity contribution in [2.75, 3.05) is 13.2 Å². The quantitative estimate of drug-likeness (QED) is 0.906. The summed E-state index contributed by atoms with van der Waals surface area (Å²) in [6.07, 6.45) is 5.28. The van der Waals surface area contributed by atoms with Crippen molar-refractivity contribution in [3.05, 3.63) is 53.2 Å². The second-order valence-electron chi connectivity index (χ2n) is 7.67. The fourth-order valence-corrected chi connectivity index (χ4v) is 3.48. The molecule has 1 atom stereocenters. The summed E-state index contributed by atoms with van der Waals surface area (Å²) in [6, 6.07) is 8.99. The van der Waals surface area contributed by atoms with Crippen molar-refractivity contribution in [1.82, 2.24) is 9.88 Å². The highest BCUT2D eigenvalue weighted by Crippen LogP contribution is 2.35. The molecule has 130 valence electrons. The zero-order valence-corrected chi connectivity index (χ0v) is 15.0.